The zero-order valence-electron chi connectivity index (χ0n) is 6.17. The van der Waals surface area contributed by atoms with Crippen LogP contribution in [0.25, 0.3) is 0 Å². The fraction of sp³-hybridized carbons (Fsp3) is 0.300. The molecule has 0 aliphatic heterocycles. The van der Waals surface area contributed by atoms with Gasteiger partial charge in [0, 0.05) is 0 Å². The first-order chi connectivity index (χ1) is 4.86. The molecule has 51 valence electrons. The van der Waals surface area contributed by atoms with E-state index in [-0.39, 0.29) is 0 Å². The molecule has 0 nitrogen and oxygen atoms in total. The van der Waals surface area contributed by atoms with E-state index in [9.17, 15) is 0 Å². The van der Waals surface area contributed by atoms with Crippen molar-refractivity contribution in [1.29, 1.82) is 0 Å². The molecule has 1 aromatic rings. The summed E-state index contributed by atoms with van der Waals surface area (Å²) in [7, 11) is 0. The summed E-state index contributed by atoms with van der Waals surface area (Å²) in [6, 6.07) is 8.63. The maximum Gasteiger partial charge on any atom is -0.00587 e. The third-order valence-corrected chi connectivity index (χ3v) is 2.06. The Balaban J connectivity index is 2.42. The quantitative estimate of drug-likeness (QED) is 0.507. The largest absolute Gasteiger partial charge is 0.0620 e. The molecule has 0 amide bonds. The molecule has 0 fully saturated rings. The van der Waals surface area contributed by atoms with E-state index in [4.69, 9.17) is 0 Å². The van der Waals surface area contributed by atoms with Crippen molar-refractivity contribution in [2.45, 2.75) is 13.3 Å². The maximum absolute atomic E-state index is 2.34. The lowest BCUT2D eigenvalue weighted by molar-refractivity contribution is 0.726. The molecule has 0 saturated carbocycles. The Bertz CT molecular complexity index is 213. The van der Waals surface area contributed by atoms with Crippen LogP contribution in [0.1, 0.15) is 18.1 Å². The molecule has 10 heavy (non-hydrogen) atoms. The summed E-state index contributed by atoms with van der Waals surface area (Å²) in [5.74, 6) is 0.748. The van der Waals surface area contributed by atoms with Crippen molar-refractivity contribution in [2.24, 2.45) is 5.92 Å². The third-order valence-electron chi connectivity index (χ3n) is 2.06. The van der Waals surface area contributed by atoms with Gasteiger partial charge in [-0.05, 0) is 29.9 Å². The maximum atomic E-state index is 2.34. The monoisotopic (exact) mass is 131 g/mol. The Kier molecular flexibility index (Phi) is 1.26. The van der Waals surface area contributed by atoms with E-state index in [1.165, 1.54) is 17.5 Å². The second-order valence-electron chi connectivity index (χ2n) is 3.05. The first-order valence-electron chi connectivity index (χ1n) is 3.79. The van der Waals surface area contributed by atoms with Crippen LogP contribution >= 0.6 is 0 Å². The molecule has 0 N–H and O–H groups in total. The van der Waals surface area contributed by atoms with Crippen molar-refractivity contribution in [3.63, 3.8) is 0 Å². The predicted molar refractivity (Wildman–Crippen MR) is 42.7 cm³/mol. The van der Waals surface area contributed by atoms with Crippen molar-refractivity contribution < 1.29 is 0 Å². The highest BCUT2D eigenvalue weighted by Crippen LogP contribution is 2.27. The van der Waals surface area contributed by atoms with Gasteiger partial charge in [-0.1, -0.05) is 31.2 Å². The summed E-state index contributed by atoms with van der Waals surface area (Å²) in [6.07, 6.45) is 3.57. The Morgan fingerprint density at radius 3 is 2.90 bits per heavy atom. The zero-order valence-corrected chi connectivity index (χ0v) is 6.17. The van der Waals surface area contributed by atoms with Gasteiger partial charge in [0.2, 0.25) is 0 Å². The molecule has 1 aliphatic rings. The van der Waals surface area contributed by atoms with E-state index in [1.807, 2.05) is 0 Å². The number of benzene rings is 1. The van der Waals surface area contributed by atoms with E-state index < -0.39 is 0 Å². The molecular formula is C10H11. The molecule has 1 unspecified atom stereocenters. The van der Waals surface area contributed by atoms with Gasteiger partial charge >= 0.3 is 0 Å². The minimum absolute atomic E-state index is 0.748. The summed E-state index contributed by atoms with van der Waals surface area (Å²) >= 11 is 0. The second kappa shape index (κ2) is 2.12. The van der Waals surface area contributed by atoms with Crippen LogP contribution in [-0.2, 0) is 6.42 Å². The number of hydrogen-bond acceptors (Lipinski definition) is 0. The van der Waals surface area contributed by atoms with Crippen LogP contribution in [0.3, 0.4) is 0 Å². The Morgan fingerprint density at radius 1 is 1.30 bits per heavy atom. The van der Waals surface area contributed by atoms with Crippen LogP contribution in [0.5, 0.6) is 0 Å². The van der Waals surface area contributed by atoms with Gasteiger partial charge < -0.3 is 0 Å². The van der Waals surface area contributed by atoms with Crippen LogP contribution in [0, 0.1) is 12.3 Å². The molecular weight excluding hydrogens is 120 g/mol. The van der Waals surface area contributed by atoms with Crippen molar-refractivity contribution in [3.8, 4) is 0 Å². The zero-order chi connectivity index (χ0) is 6.97. The van der Waals surface area contributed by atoms with Gasteiger partial charge in [0.15, 0.2) is 0 Å². The smallest absolute Gasteiger partial charge is 0.00587 e. The van der Waals surface area contributed by atoms with Gasteiger partial charge in [-0.2, -0.15) is 0 Å². The molecule has 1 aliphatic carbocycles. The first kappa shape index (κ1) is 5.96. The van der Waals surface area contributed by atoms with E-state index in [0.717, 1.165) is 5.92 Å². The van der Waals surface area contributed by atoms with Crippen molar-refractivity contribution in [3.05, 3.63) is 41.8 Å². The Morgan fingerprint density at radius 2 is 2.10 bits per heavy atom. The average Bonchev–Trinajstić information content (AvgIpc) is 2.27. The van der Waals surface area contributed by atoms with Gasteiger partial charge in [0.1, 0.15) is 0 Å². The summed E-state index contributed by atoms with van der Waals surface area (Å²) in [5, 5.41) is 0. The topological polar surface area (TPSA) is 0 Å². The van der Waals surface area contributed by atoms with Crippen molar-refractivity contribution in [2.75, 3.05) is 0 Å². The van der Waals surface area contributed by atoms with Crippen LogP contribution < -0.4 is 0 Å². The van der Waals surface area contributed by atoms with Crippen molar-refractivity contribution in [1.82, 2.24) is 0 Å². The summed E-state index contributed by atoms with van der Waals surface area (Å²) in [5.41, 5.74) is 2.95. The first-order valence-corrected chi connectivity index (χ1v) is 3.79. The summed E-state index contributed by atoms with van der Waals surface area (Å²) < 4.78 is 0. The molecule has 2 rings (SSSR count). The number of rotatable bonds is 0. The van der Waals surface area contributed by atoms with Gasteiger partial charge in [-0.15, -0.1) is 0 Å². The van der Waals surface area contributed by atoms with Gasteiger partial charge in [0.25, 0.3) is 0 Å². The van der Waals surface area contributed by atoms with Crippen LogP contribution in [0.2, 0.25) is 0 Å². The SMILES string of the molecule is CC1[CH]c2ccccc2C1. The molecule has 0 bridgehead atoms. The molecule has 0 spiro atoms. The Labute approximate surface area is 61.9 Å². The molecule has 1 radical (unpaired) electrons. The molecule has 1 aromatic carbocycles. The summed E-state index contributed by atoms with van der Waals surface area (Å²) in [6.45, 7) is 2.26. The summed E-state index contributed by atoms with van der Waals surface area (Å²) in [4.78, 5) is 0. The van der Waals surface area contributed by atoms with Crippen molar-refractivity contribution >= 4 is 0 Å². The average molecular weight is 131 g/mol. The normalized spacial score (nSPS) is 17.3. The van der Waals surface area contributed by atoms with Gasteiger partial charge in [0.05, 0.1) is 0 Å². The Hall–Kier alpha value is -0.780. The highest BCUT2D eigenvalue weighted by atomic mass is 14.2. The number of fused-ring (bicyclic) bond motifs is 1. The van der Waals surface area contributed by atoms with E-state index in [2.05, 4.69) is 37.6 Å². The second-order valence-corrected chi connectivity index (χ2v) is 3.05. The molecule has 0 aromatic heterocycles. The molecule has 0 saturated heterocycles. The highest BCUT2D eigenvalue weighted by Gasteiger charge is 2.15. The molecule has 1 atom stereocenters. The lowest BCUT2D eigenvalue weighted by Gasteiger charge is -1.93. The van der Waals surface area contributed by atoms with E-state index >= 15 is 0 Å². The van der Waals surface area contributed by atoms with E-state index in [1.54, 1.807) is 0 Å². The predicted octanol–water partition coefficient (Wildman–Crippen LogP) is 2.43. The lowest BCUT2D eigenvalue weighted by Crippen LogP contribution is -1.86. The lowest BCUT2D eigenvalue weighted by atomic mass is 10.1. The fourth-order valence-corrected chi connectivity index (χ4v) is 1.60. The van der Waals surface area contributed by atoms with Gasteiger partial charge in [-0.25, -0.2) is 0 Å². The minimum Gasteiger partial charge on any atom is -0.0620 e. The fourth-order valence-electron chi connectivity index (χ4n) is 1.60. The highest BCUT2D eigenvalue weighted by molar-refractivity contribution is 5.38. The van der Waals surface area contributed by atoms with Crippen LogP contribution in [-0.4, -0.2) is 0 Å². The van der Waals surface area contributed by atoms with Crippen LogP contribution in [0.4, 0.5) is 0 Å². The standard InChI is InChI=1S/C10H11/c1-8-6-9-4-2-3-5-10(9)7-8/h2-6,8H,7H2,1H3. The molecule has 0 heteroatoms. The van der Waals surface area contributed by atoms with E-state index in [0.29, 0.717) is 0 Å². The molecule has 0 heterocycles. The van der Waals surface area contributed by atoms with Crippen LogP contribution in [0.15, 0.2) is 24.3 Å². The van der Waals surface area contributed by atoms with Gasteiger partial charge in [-0.3, -0.25) is 0 Å². The minimum atomic E-state index is 0.748. The number of hydrogen-bond donors (Lipinski definition) is 0. The third kappa shape index (κ3) is 0.841.